The maximum absolute atomic E-state index is 13.3. The minimum absolute atomic E-state index is 0.0511. The van der Waals surface area contributed by atoms with Crippen molar-refractivity contribution in [1.29, 1.82) is 0 Å². The van der Waals surface area contributed by atoms with Gasteiger partial charge in [0.25, 0.3) is 5.56 Å². The van der Waals surface area contributed by atoms with Gasteiger partial charge in [0.15, 0.2) is 0 Å². The van der Waals surface area contributed by atoms with Gasteiger partial charge >= 0.3 is 0 Å². The second-order valence-corrected chi connectivity index (χ2v) is 10.2. The van der Waals surface area contributed by atoms with Crippen LogP contribution in [0.15, 0.2) is 51.9 Å². The van der Waals surface area contributed by atoms with Crippen LogP contribution in [0.25, 0.3) is 28.0 Å². The van der Waals surface area contributed by atoms with Crippen molar-refractivity contribution >= 4 is 51.8 Å². The normalized spacial score (nSPS) is 12.8. The number of hydrogen-bond donors (Lipinski definition) is 1. The van der Waals surface area contributed by atoms with Crippen LogP contribution in [0.2, 0.25) is 5.02 Å². The molecule has 0 radical (unpaired) electrons. The lowest BCUT2D eigenvalue weighted by atomic mass is 9.99. The summed E-state index contributed by atoms with van der Waals surface area (Å²) >= 11 is 6.75. The van der Waals surface area contributed by atoms with Crippen molar-refractivity contribution in [1.82, 2.24) is 19.6 Å². The number of nitrogens with two attached hydrogens (primary N) is 1. The molecule has 1 aromatic heterocycles. The summed E-state index contributed by atoms with van der Waals surface area (Å²) < 4.78 is 1.16. The zero-order chi connectivity index (χ0) is 28.3. The fourth-order valence-corrected chi connectivity index (χ4v) is 4.83. The molecular formula is C29H33ClN6O3. The van der Waals surface area contributed by atoms with E-state index < -0.39 is 0 Å². The highest BCUT2D eigenvalue weighted by atomic mass is 35.5. The van der Waals surface area contributed by atoms with Crippen LogP contribution in [0, 0.1) is 0 Å². The molecule has 0 unspecified atom stereocenters. The van der Waals surface area contributed by atoms with Crippen LogP contribution < -0.4 is 11.3 Å². The quantitative estimate of drug-likeness (QED) is 0.452. The summed E-state index contributed by atoms with van der Waals surface area (Å²) in [7, 11) is 3.26. The van der Waals surface area contributed by atoms with Gasteiger partial charge in [-0.25, -0.2) is 9.67 Å². The summed E-state index contributed by atoms with van der Waals surface area (Å²) in [5, 5.41) is 5.73. The van der Waals surface area contributed by atoms with Crippen LogP contribution >= 0.6 is 11.6 Å². The van der Waals surface area contributed by atoms with Gasteiger partial charge < -0.3 is 15.5 Å². The summed E-state index contributed by atoms with van der Waals surface area (Å²) in [6.45, 7) is 5.32. The van der Waals surface area contributed by atoms with E-state index in [2.05, 4.69) is 10.1 Å². The Labute approximate surface area is 232 Å². The SMILES string of the molecule is CCCN(CCC)C(=O)C1=Cc2c(Cl)cc(-c3ccc4c(=O)n(CC(=O)N(C)C)ncc4c3)cc2N=C(N)C1. The van der Waals surface area contributed by atoms with E-state index in [0.717, 1.165) is 28.7 Å². The minimum atomic E-state index is -0.339. The second-order valence-electron chi connectivity index (χ2n) is 9.83. The molecule has 2 aromatic carbocycles. The monoisotopic (exact) mass is 548 g/mol. The maximum Gasteiger partial charge on any atom is 0.275 e. The highest BCUT2D eigenvalue weighted by Crippen LogP contribution is 2.37. The van der Waals surface area contributed by atoms with E-state index in [0.29, 0.717) is 51.5 Å². The minimum Gasteiger partial charge on any atom is -0.387 e. The second kappa shape index (κ2) is 11.8. The molecule has 1 aliphatic heterocycles. The van der Waals surface area contributed by atoms with Crippen LogP contribution in [0.4, 0.5) is 5.69 Å². The topological polar surface area (TPSA) is 114 Å². The number of nitrogens with zero attached hydrogens (tertiary/aromatic N) is 5. The fourth-order valence-electron chi connectivity index (χ4n) is 4.56. The number of rotatable bonds is 8. The van der Waals surface area contributed by atoms with Gasteiger partial charge in [0.2, 0.25) is 11.8 Å². The van der Waals surface area contributed by atoms with Gasteiger partial charge in [0.1, 0.15) is 12.4 Å². The number of benzene rings is 2. The maximum atomic E-state index is 13.3. The number of hydrogen-bond acceptors (Lipinski definition) is 6. The molecule has 0 fully saturated rings. The number of likely N-dealkylation sites (N-methyl/N-ethyl adjacent to an activating group) is 1. The Bertz CT molecular complexity index is 1550. The molecule has 3 aromatic rings. The molecule has 0 atom stereocenters. The largest absolute Gasteiger partial charge is 0.387 e. The lowest BCUT2D eigenvalue weighted by Crippen LogP contribution is -2.34. The molecule has 2 amide bonds. The molecule has 0 aliphatic carbocycles. The Balaban J connectivity index is 1.72. The fraction of sp³-hybridized carbons (Fsp3) is 0.345. The predicted octanol–water partition coefficient (Wildman–Crippen LogP) is 4.23. The van der Waals surface area contributed by atoms with Crippen LogP contribution in [-0.4, -0.2) is 64.4 Å². The Kier molecular flexibility index (Phi) is 8.50. The van der Waals surface area contributed by atoms with E-state index in [1.54, 1.807) is 32.4 Å². The van der Waals surface area contributed by atoms with Gasteiger partial charge in [-0.1, -0.05) is 31.5 Å². The van der Waals surface area contributed by atoms with E-state index >= 15 is 0 Å². The van der Waals surface area contributed by atoms with Crippen molar-refractivity contribution in [3.63, 3.8) is 0 Å². The van der Waals surface area contributed by atoms with Crippen molar-refractivity contribution in [3.8, 4) is 11.1 Å². The smallest absolute Gasteiger partial charge is 0.275 e. The molecular weight excluding hydrogens is 516 g/mol. The summed E-state index contributed by atoms with van der Waals surface area (Å²) in [6.07, 6.45) is 5.35. The van der Waals surface area contributed by atoms with E-state index in [1.807, 2.05) is 43.0 Å². The number of fused-ring (bicyclic) bond motifs is 2. The van der Waals surface area contributed by atoms with Gasteiger partial charge in [-0.3, -0.25) is 14.4 Å². The summed E-state index contributed by atoms with van der Waals surface area (Å²) in [6, 6.07) is 9.08. The first-order valence-corrected chi connectivity index (χ1v) is 13.4. The molecule has 39 heavy (non-hydrogen) atoms. The third-order valence-electron chi connectivity index (χ3n) is 6.58. The first-order valence-electron chi connectivity index (χ1n) is 13.0. The van der Waals surface area contributed by atoms with Crippen LogP contribution in [-0.2, 0) is 16.1 Å². The molecule has 0 saturated carbocycles. The molecule has 10 heteroatoms. The molecule has 4 rings (SSSR count). The highest BCUT2D eigenvalue weighted by Gasteiger charge is 2.22. The van der Waals surface area contributed by atoms with Crippen molar-refractivity contribution in [2.75, 3.05) is 27.2 Å². The number of halogens is 1. The van der Waals surface area contributed by atoms with Crippen molar-refractivity contribution < 1.29 is 9.59 Å². The van der Waals surface area contributed by atoms with E-state index in [9.17, 15) is 14.4 Å². The molecule has 0 spiro atoms. The Morgan fingerprint density at radius 3 is 2.46 bits per heavy atom. The standard InChI is InChI=1S/C29H33ClN6O3/c1-5-9-35(10-6-2)28(38)20-12-23-24(30)13-19(14-25(23)33-26(31)15-20)18-7-8-22-21(11-18)16-32-36(29(22)39)17-27(37)34(3)4/h7-8,11-14,16H,5-6,9-10,15,17H2,1-4H3,(H2,31,33). The van der Waals surface area contributed by atoms with Gasteiger partial charge in [-0.15, -0.1) is 0 Å². The summed E-state index contributed by atoms with van der Waals surface area (Å²) in [5.41, 5.74) is 9.29. The number of aliphatic imine (C=N–C) groups is 1. The van der Waals surface area contributed by atoms with Crippen LogP contribution in [0.3, 0.4) is 0 Å². The van der Waals surface area contributed by atoms with Crippen LogP contribution in [0.5, 0.6) is 0 Å². The Hall–Kier alpha value is -3.98. The Morgan fingerprint density at radius 2 is 1.79 bits per heavy atom. The molecule has 0 saturated heterocycles. The third kappa shape index (κ3) is 6.04. The first kappa shape index (κ1) is 28.0. The summed E-state index contributed by atoms with van der Waals surface area (Å²) in [4.78, 5) is 46.1. The number of carbonyl (C=O) groups is 2. The van der Waals surface area contributed by atoms with Gasteiger partial charge in [0.05, 0.1) is 22.3 Å². The zero-order valence-electron chi connectivity index (χ0n) is 22.7. The van der Waals surface area contributed by atoms with Crippen molar-refractivity contribution in [2.45, 2.75) is 39.7 Å². The highest BCUT2D eigenvalue weighted by molar-refractivity contribution is 6.33. The van der Waals surface area contributed by atoms with Crippen LogP contribution in [0.1, 0.15) is 38.7 Å². The molecule has 0 bridgehead atoms. The lowest BCUT2D eigenvalue weighted by molar-refractivity contribution is -0.129. The first-order chi connectivity index (χ1) is 18.6. The molecule has 1 aliphatic rings. The number of carbonyl (C=O) groups excluding carboxylic acids is 2. The summed E-state index contributed by atoms with van der Waals surface area (Å²) in [5.74, 6) is 0.0669. The van der Waals surface area contributed by atoms with Crippen molar-refractivity contribution in [3.05, 3.63) is 63.0 Å². The van der Waals surface area contributed by atoms with Gasteiger partial charge in [-0.2, -0.15) is 5.10 Å². The zero-order valence-corrected chi connectivity index (χ0v) is 23.5. The number of aromatic nitrogens is 2. The Morgan fingerprint density at radius 1 is 1.08 bits per heavy atom. The third-order valence-corrected chi connectivity index (χ3v) is 6.89. The van der Waals surface area contributed by atoms with Crippen molar-refractivity contribution in [2.24, 2.45) is 10.7 Å². The van der Waals surface area contributed by atoms with E-state index in [-0.39, 0.29) is 30.3 Å². The molecule has 2 heterocycles. The average Bonchev–Trinajstić information content (AvgIpc) is 3.07. The average molecular weight is 549 g/mol. The molecule has 204 valence electrons. The van der Waals surface area contributed by atoms with Gasteiger partial charge in [-0.05, 0) is 54.3 Å². The number of amidine groups is 1. The van der Waals surface area contributed by atoms with Gasteiger partial charge in [0, 0.05) is 50.1 Å². The molecule has 9 nitrogen and oxygen atoms in total. The predicted molar refractivity (Wildman–Crippen MR) is 156 cm³/mol. The molecule has 2 N–H and O–H groups in total. The van der Waals surface area contributed by atoms with E-state index in [4.69, 9.17) is 17.3 Å². The number of amides is 2. The lowest BCUT2D eigenvalue weighted by Gasteiger charge is -2.22. The van der Waals surface area contributed by atoms with E-state index in [1.165, 1.54) is 4.90 Å².